The molecule has 5 nitrogen and oxygen atoms in total. The zero-order chi connectivity index (χ0) is 21.6. The standard InChI is InChI=1S/C24H48N2O3/c1-4-7-10-13-23(22(27)25-29,14-11-8-5-2)16-19-26-20-17-24(28,18-21-26)15-12-9-6-3/h28H,4-21,25H2,1-3H3. The zero-order valence-electron chi connectivity index (χ0n) is 19.5. The van der Waals surface area contributed by atoms with Gasteiger partial charge in [0.1, 0.15) is 0 Å². The van der Waals surface area contributed by atoms with Gasteiger partial charge in [0, 0.05) is 13.1 Å². The number of likely N-dealkylation sites (tertiary alicyclic amines) is 1. The van der Waals surface area contributed by atoms with E-state index in [0.717, 1.165) is 103 Å². The molecule has 1 heterocycles. The number of amides is 1. The number of nitrogens with zero attached hydrogens (tertiary/aromatic N) is 1. The molecule has 1 saturated heterocycles. The molecule has 0 aliphatic carbocycles. The Hall–Kier alpha value is -0.490. The molecule has 1 amide bonds. The molecule has 3 N–H and O–H groups in total. The molecule has 0 aromatic rings. The lowest BCUT2D eigenvalue weighted by molar-refractivity contribution is -0.509. The van der Waals surface area contributed by atoms with Crippen LogP contribution in [0.3, 0.4) is 0 Å². The molecule has 5 heteroatoms. The predicted octanol–water partition coefficient (Wildman–Crippen LogP) is 4.52. The molecule has 0 atom stereocenters. The van der Waals surface area contributed by atoms with E-state index in [2.05, 4.69) is 25.7 Å². The molecule has 1 aliphatic rings. The van der Waals surface area contributed by atoms with Crippen molar-refractivity contribution in [1.29, 1.82) is 0 Å². The van der Waals surface area contributed by atoms with Gasteiger partial charge in [0.25, 0.3) is 0 Å². The minimum Gasteiger partial charge on any atom is -0.628 e. The molecule has 0 radical (unpaired) electrons. The van der Waals surface area contributed by atoms with Gasteiger partial charge in [-0.1, -0.05) is 78.6 Å². The van der Waals surface area contributed by atoms with Crippen molar-refractivity contribution in [1.82, 2.24) is 4.90 Å². The van der Waals surface area contributed by atoms with Crippen LogP contribution < -0.4 is 5.48 Å². The maximum absolute atomic E-state index is 12.7. The van der Waals surface area contributed by atoms with Gasteiger partial charge in [-0.25, -0.2) is 4.79 Å². The maximum atomic E-state index is 12.7. The van der Waals surface area contributed by atoms with Crippen LogP contribution in [0.4, 0.5) is 0 Å². The number of unbranched alkanes of at least 4 members (excludes halogenated alkanes) is 6. The minimum atomic E-state index is -0.496. The van der Waals surface area contributed by atoms with Crippen LogP contribution in [0.1, 0.15) is 117 Å². The fourth-order valence-corrected chi connectivity index (χ4v) is 4.82. The van der Waals surface area contributed by atoms with E-state index in [9.17, 15) is 15.1 Å². The van der Waals surface area contributed by atoms with Crippen molar-refractivity contribution >= 4 is 5.91 Å². The van der Waals surface area contributed by atoms with Gasteiger partial charge in [0.2, 0.25) is 0 Å². The Bertz CT molecular complexity index is 424. The first-order valence-electron chi connectivity index (χ1n) is 12.4. The summed E-state index contributed by atoms with van der Waals surface area (Å²) in [5, 5.41) is 22.3. The summed E-state index contributed by atoms with van der Waals surface area (Å²) in [6.07, 6.45) is 15.1. The van der Waals surface area contributed by atoms with E-state index in [0.29, 0.717) is 5.48 Å². The molecule has 1 fully saturated rings. The molecule has 0 saturated carbocycles. The second-order valence-electron chi connectivity index (χ2n) is 9.45. The Morgan fingerprint density at radius 1 is 0.931 bits per heavy atom. The molecule has 1 rings (SSSR count). The molecule has 0 aromatic carbocycles. The third-order valence-electron chi connectivity index (χ3n) is 7.09. The second-order valence-corrected chi connectivity index (χ2v) is 9.45. The van der Waals surface area contributed by atoms with Gasteiger partial charge in [-0.15, -0.1) is 0 Å². The van der Waals surface area contributed by atoms with Crippen LogP contribution in [0.15, 0.2) is 0 Å². The van der Waals surface area contributed by atoms with Crippen LogP contribution in [-0.2, 0) is 4.79 Å². The minimum absolute atomic E-state index is 0.183. The number of quaternary nitrogens is 1. The zero-order valence-corrected chi connectivity index (χ0v) is 19.5. The predicted molar refractivity (Wildman–Crippen MR) is 120 cm³/mol. The molecule has 172 valence electrons. The molecule has 1 aliphatic heterocycles. The van der Waals surface area contributed by atoms with E-state index in [-0.39, 0.29) is 5.91 Å². The first-order valence-corrected chi connectivity index (χ1v) is 12.4. The van der Waals surface area contributed by atoms with E-state index in [4.69, 9.17) is 0 Å². The monoisotopic (exact) mass is 412 g/mol. The smallest absolute Gasteiger partial charge is 0.316 e. The maximum Gasteiger partial charge on any atom is 0.316 e. The highest BCUT2D eigenvalue weighted by molar-refractivity contribution is 5.73. The average molecular weight is 413 g/mol. The van der Waals surface area contributed by atoms with Crippen LogP contribution in [0.2, 0.25) is 0 Å². The van der Waals surface area contributed by atoms with Crippen LogP contribution >= 0.6 is 0 Å². The molecule has 0 aromatic heterocycles. The van der Waals surface area contributed by atoms with Gasteiger partial charge in [0.15, 0.2) is 0 Å². The number of hydrogen-bond acceptors (Lipinski definition) is 4. The van der Waals surface area contributed by atoms with E-state index >= 15 is 0 Å². The van der Waals surface area contributed by atoms with Crippen molar-refractivity contribution in [3.05, 3.63) is 5.21 Å². The number of carbonyl (C=O) groups excluding carboxylic acids is 1. The normalized spacial score (nSPS) is 17.6. The van der Waals surface area contributed by atoms with Crippen molar-refractivity contribution in [3.63, 3.8) is 0 Å². The van der Waals surface area contributed by atoms with Crippen molar-refractivity contribution < 1.29 is 15.4 Å². The Morgan fingerprint density at radius 2 is 1.45 bits per heavy atom. The summed E-state index contributed by atoms with van der Waals surface area (Å²) in [7, 11) is 0. The number of piperidine rings is 1. The topological polar surface area (TPSA) is 80.2 Å². The van der Waals surface area contributed by atoms with E-state index in [1.807, 2.05) is 0 Å². The van der Waals surface area contributed by atoms with Crippen molar-refractivity contribution in [3.8, 4) is 0 Å². The summed E-state index contributed by atoms with van der Waals surface area (Å²) < 4.78 is 0. The summed E-state index contributed by atoms with van der Waals surface area (Å²) in [5.41, 5.74) is -0.384. The summed E-state index contributed by atoms with van der Waals surface area (Å²) in [4.78, 5) is 15.1. The van der Waals surface area contributed by atoms with Crippen LogP contribution in [0.25, 0.3) is 0 Å². The molecule has 0 spiro atoms. The number of nitrogens with two attached hydrogens (primary N) is 1. The Labute approximate surface area is 179 Å². The largest absolute Gasteiger partial charge is 0.628 e. The molecule has 0 bridgehead atoms. The fourth-order valence-electron chi connectivity index (χ4n) is 4.82. The third kappa shape index (κ3) is 9.46. The first-order chi connectivity index (χ1) is 13.9. The number of aliphatic hydroxyl groups is 1. The summed E-state index contributed by atoms with van der Waals surface area (Å²) in [6, 6.07) is 0. The van der Waals surface area contributed by atoms with Crippen LogP contribution in [0, 0.1) is 10.6 Å². The van der Waals surface area contributed by atoms with E-state index in [1.165, 1.54) is 12.8 Å². The molecular formula is C24H48N2O3. The lowest BCUT2D eigenvalue weighted by Gasteiger charge is -2.40. The first kappa shape index (κ1) is 26.5. The number of primary amides is 1. The highest BCUT2D eigenvalue weighted by Crippen LogP contribution is 2.36. The number of hydrogen-bond donors (Lipinski definition) is 2. The van der Waals surface area contributed by atoms with Crippen molar-refractivity contribution in [2.75, 3.05) is 19.6 Å². The number of rotatable bonds is 16. The highest BCUT2D eigenvalue weighted by atomic mass is 16.5. The Kier molecular flexibility index (Phi) is 13.3. The van der Waals surface area contributed by atoms with Crippen molar-refractivity contribution in [2.45, 2.75) is 123 Å². The fraction of sp³-hybridized carbons (Fsp3) is 0.958. The summed E-state index contributed by atoms with van der Waals surface area (Å²) in [5.74, 6) is -0.183. The lowest BCUT2D eigenvalue weighted by atomic mass is 9.74. The Morgan fingerprint density at radius 3 is 1.93 bits per heavy atom. The molecule has 0 unspecified atom stereocenters. The van der Waals surface area contributed by atoms with E-state index in [1.54, 1.807) is 0 Å². The van der Waals surface area contributed by atoms with Gasteiger partial charge in [-0.05, 0) is 45.1 Å². The van der Waals surface area contributed by atoms with Crippen LogP contribution in [-0.4, -0.2) is 41.1 Å². The summed E-state index contributed by atoms with van der Waals surface area (Å²) in [6.45, 7) is 9.21. The Balaban J connectivity index is 2.64. The summed E-state index contributed by atoms with van der Waals surface area (Å²) >= 11 is 0. The lowest BCUT2D eigenvalue weighted by Crippen LogP contribution is -2.85. The van der Waals surface area contributed by atoms with Gasteiger partial charge in [-0.3, -0.25) is 0 Å². The van der Waals surface area contributed by atoms with Gasteiger partial charge < -0.3 is 20.7 Å². The van der Waals surface area contributed by atoms with Gasteiger partial charge in [0.05, 0.1) is 11.0 Å². The molecule has 29 heavy (non-hydrogen) atoms. The molecular weight excluding hydrogens is 364 g/mol. The van der Waals surface area contributed by atoms with E-state index < -0.39 is 11.0 Å². The van der Waals surface area contributed by atoms with Crippen molar-refractivity contribution in [2.24, 2.45) is 5.41 Å². The van der Waals surface area contributed by atoms with Gasteiger partial charge in [-0.2, -0.15) is 0 Å². The SMILES string of the molecule is CCCCCC1(O)CCN(CCC(CCCCC)(CCCCC)C(=O)[NH2+][O-])CC1. The van der Waals surface area contributed by atoms with Gasteiger partial charge >= 0.3 is 5.91 Å². The second kappa shape index (κ2) is 14.5. The number of carbonyl (C=O) groups is 1. The highest BCUT2D eigenvalue weighted by Gasteiger charge is 2.40. The third-order valence-corrected chi connectivity index (χ3v) is 7.09. The quantitative estimate of drug-likeness (QED) is 0.288. The number of hydroxylamine groups is 1. The average Bonchev–Trinajstić information content (AvgIpc) is 2.72. The van der Waals surface area contributed by atoms with Crippen LogP contribution in [0.5, 0.6) is 0 Å².